The lowest BCUT2D eigenvalue weighted by Gasteiger charge is -2.50. The Morgan fingerprint density at radius 2 is 2.33 bits per heavy atom. The topological polar surface area (TPSA) is 34.8 Å². The van der Waals surface area contributed by atoms with Gasteiger partial charge in [0.05, 0.1) is 19.3 Å². The zero-order valence-corrected chi connectivity index (χ0v) is 13.3. The fraction of sp³-hybridized carbons (Fsp3) is 0.765. The predicted octanol–water partition coefficient (Wildman–Crippen LogP) is 3.00. The summed E-state index contributed by atoms with van der Waals surface area (Å²) in [6, 6.07) is 4.13. The van der Waals surface area contributed by atoms with Crippen molar-refractivity contribution in [2.75, 3.05) is 32.9 Å². The molecule has 0 bridgehead atoms. The highest BCUT2D eigenvalue weighted by Gasteiger charge is 2.46. The van der Waals surface area contributed by atoms with Crippen LogP contribution in [0.5, 0.6) is 0 Å². The Balaban J connectivity index is 1.68. The van der Waals surface area contributed by atoms with Gasteiger partial charge in [0.1, 0.15) is 11.5 Å². The van der Waals surface area contributed by atoms with Crippen molar-refractivity contribution in [3.63, 3.8) is 0 Å². The molecule has 118 valence electrons. The number of furan rings is 1. The minimum absolute atomic E-state index is 0.175. The summed E-state index contributed by atoms with van der Waals surface area (Å²) in [5.41, 5.74) is 0.175. The van der Waals surface area contributed by atoms with Crippen molar-refractivity contribution in [2.24, 2.45) is 5.41 Å². The number of fused-ring (bicyclic) bond motifs is 1. The van der Waals surface area contributed by atoms with E-state index < -0.39 is 0 Å². The summed E-state index contributed by atoms with van der Waals surface area (Å²) in [4.78, 5) is 2.50. The molecule has 3 heterocycles. The molecule has 0 aliphatic carbocycles. The highest BCUT2D eigenvalue weighted by Crippen LogP contribution is 2.40. The van der Waals surface area contributed by atoms with E-state index in [-0.39, 0.29) is 5.41 Å². The first kappa shape index (κ1) is 15.1. The van der Waals surface area contributed by atoms with Crippen LogP contribution in [0, 0.1) is 12.3 Å². The third kappa shape index (κ3) is 3.33. The van der Waals surface area contributed by atoms with Gasteiger partial charge in [-0.05, 0) is 45.2 Å². The van der Waals surface area contributed by atoms with Gasteiger partial charge < -0.3 is 13.9 Å². The normalized spacial score (nSPS) is 30.3. The van der Waals surface area contributed by atoms with Crippen molar-refractivity contribution < 1.29 is 13.9 Å². The molecule has 1 aromatic heterocycles. The molecule has 0 N–H and O–H groups in total. The van der Waals surface area contributed by atoms with E-state index in [4.69, 9.17) is 13.9 Å². The van der Waals surface area contributed by atoms with Crippen LogP contribution >= 0.6 is 0 Å². The van der Waals surface area contributed by atoms with Crippen molar-refractivity contribution in [3.8, 4) is 0 Å². The van der Waals surface area contributed by atoms with Crippen LogP contribution in [0.3, 0.4) is 0 Å². The van der Waals surface area contributed by atoms with Crippen LogP contribution in [0.15, 0.2) is 16.5 Å². The molecule has 2 aliphatic heterocycles. The quantitative estimate of drug-likeness (QED) is 0.836. The van der Waals surface area contributed by atoms with Gasteiger partial charge in [-0.15, -0.1) is 0 Å². The lowest BCUT2D eigenvalue weighted by molar-refractivity contribution is -0.153. The number of ether oxygens (including phenoxy) is 2. The average molecular weight is 293 g/mol. The van der Waals surface area contributed by atoms with Crippen LogP contribution in [0.1, 0.15) is 37.7 Å². The molecular weight excluding hydrogens is 266 g/mol. The summed E-state index contributed by atoms with van der Waals surface area (Å²) in [7, 11) is 0. The summed E-state index contributed by atoms with van der Waals surface area (Å²) in [6.07, 6.45) is 3.84. The van der Waals surface area contributed by atoms with Crippen LogP contribution in [-0.4, -0.2) is 43.9 Å². The first-order valence-electron chi connectivity index (χ1n) is 8.19. The molecule has 0 radical (unpaired) electrons. The molecule has 0 unspecified atom stereocenters. The van der Waals surface area contributed by atoms with E-state index in [2.05, 4.69) is 17.9 Å². The maximum atomic E-state index is 6.05. The minimum atomic E-state index is 0.175. The number of aryl methyl sites for hydroxylation is 1. The zero-order valence-electron chi connectivity index (χ0n) is 13.3. The van der Waals surface area contributed by atoms with Crippen molar-refractivity contribution in [1.82, 2.24) is 4.90 Å². The van der Waals surface area contributed by atoms with E-state index in [1.54, 1.807) is 0 Å². The molecule has 1 aromatic rings. The summed E-state index contributed by atoms with van der Waals surface area (Å²) >= 11 is 0. The standard InChI is InChI=1S/C17H27NO3/c1-3-19-13-17-8-4-10-20-16(17)7-9-18(12-17)11-15-6-5-14(2)21-15/h5-6,16H,3-4,7-13H2,1-2H3/t16-,17-/m1/s1. The van der Waals surface area contributed by atoms with Gasteiger partial charge >= 0.3 is 0 Å². The molecule has 0 spiro atoms. The largest absolute Gasteiger partial charge is 0.465 e. The molecule has 4 nitrogen and oxygen atoms in total. The zero-order chi connectivity index (χ0) is 14.7. The van der Waals surface area contributed by atoms with E-state index in [0.717, 1.165) is 63.8 Å². The molecular formula is C17H27NO3. The fourth-order valence-corrected chi connectivity index (χ4v) is 3.82. The van der Waals surface area contributed by atoms with Gasteiger partial charge in [0.25, 0.3) is 0 Å². The molecule has 0 aromatic carbocycles. The molecule has 2 aliphatic rings. The number of hydrogen-bond donors (Lipinski definition) is 0. The summed E-state index contributed by atoms with van der Waals surface area (Å²) in [5.74, 6) is 2.05. The second-order valence-electron chi connectivity index (χ2n) is 6.47. The van der Waals surface area contributed by atoms with Crippen LogP contribution in [-0.2, 0) is 16.0 Å². The summed E-state index contributed by atoms with van der Waals surface area (Å²) in [6.45, 7) is 9.62. The number of nitrogens with zero attached hydrogens (tertiary/aromatic N) is 1. The molecule has 2 saturated heterocycles. The third-order valence-corrected chi connectivity index (χ3v) is 4.84. The van der Waals surface area contributed by atoms with Crippen molar-refractivity contribution >= 4 is 0 Å². The second-order valence-corrected chi connectivity index (χ2v) is 6.47. The van der Waals surface area contributed by atoms with Gasteiger partial charge in [-0.25, -0.2) is 0 Å². The van der Waals surface area contributed by atoms with Crippen molar-refractivity contribution in [1.29, 1.82) is 0 Å². The Labute approximate surface area is 127 Å². The highest BCUT2D eigenvalue weighted by molar-refractivity contribution is 5.06. The van der Waals surface area contributed by atoms with Gasteiger partial charge in [-0.2, -0.15) is 0 Å². The van der Waals surface area contributed by atoms with Gasteiger partial charge in [-0.3, -0.25) is 4.90 Å². The molecule has 0 amide bonds. The fourth-order valence-electron chi connectivity index (χ4n) is 3.82. The Morgan fingerprint density at radius 3 is 3.10 bits per heavy atom. The van der Waals surface area contributed by atoms with Gasteiger partial charge in [0, 0.05) is 31.7 Å². The van der Waals surface area contributed by atoms with E-state index in [1.807, 2.05) is 13.0 Å². The number of hydrogen-bond acceptors (Lipinski definition) is 4. The van der Waals surface area contributed by atoms with Crippen molar-refractivity contribution in [3.05, 3.63) is 23.7 Å². The number of likely N-dealkylation sites (tertiary alicyclic amines) is 1. The first-order chi connectivity index (χ1) is 10.2. The molecule has 2 atom stereocenters. The Morgan fingerprint density at radius 1 is 1.43 bits per heavy atom. The molecule has 0 saturated carbocycles. The van der Waals surface area contributed by atoms with Crippen LogP contribution in [0.25, 0.3) is 0 Å². The van der Waals surface area contributed by atoms with E-state index in [0.29, 0.717) is 6.10 Å². The lowest BCUT2D eigenvalue weighted by Crippen LogP contribution is -2.56. The second kappa shape index (κ2) is 6.51. The minimum Gasteiger partial charge on any atom is -0.465 e. The van der Waals surface area contributed by atoms with Crippen LogP contribution in [0.2, 0.25) is 0 Å². The number of piperidine rings is 1. The van der Waals surface area contributed by atoms with Crippen LogP contribution in [0.4, 0.5) is 0 Å². The maximum Gasteiger partial charge on any atom is 0.118 e. The monoisotopic (exact) mass is 293 g/mol. The van der Waals surface area contributed by atoms with Crippen LogP contribution < -0.4 is 0 Å². The first-order valence-corrected chi connectivity index (χ1v) is 8.19. The third-order valence-electron chi connectivity index (χ3n) is 4.84. The van der Waals surface area contributed by atoms with E-state index in [1.165, 1.54) is 6.42 Å². The van der Waals surface area contributed by atoms with Crippen molar-refractivity contribution in [2.45, 2.75) is 45.8 Å². The molecule has 4 heteroatoms. The van der Waals surface area contributed by atoms with Gasteiger partial charge in [-0.1, -0.05) is 0 Å². The van der Waals surface area contributed by atoms with Gasteiger partial charge in [0.15, 0.2) is 0 Å². The summed E-state index contributed by atoms with van der Waals surface area (Å²) in [5, 5.41) is 0. The number of rotatable bonds is 5. The maximum absolute atomic E-state index is 6.05. The van der Waals surface area contributed by atoms with E-state index >= 15 is 0 Å². The Bertz CT molecular complexity index is 459. The Hall–Kier alpha value is -0.840. The molecule has 21 heavy (non-hydrogen) atoms. The highest BCUT2D eigenvalue weighted by atomic mass is 16.5. The van der Waals surface area contributed by atoms with Gasteiger partial charge in [0.2, 0.25) is 0 Å². The molecule has 3 rings (SSSR count). The lowest BCUT2D eigenvalue weighted by atomic mass is 9.73. The summed E-state index contributed by atoms with van der Waals surface area (Å²) < 4.78 is 17.6. The predicted molar refractivity (Wildman–Crippen MR) is 81.2 cm³/mol. The molecule has 2 fully saturated rings. The van der Waals surface area contributed by atoms with E-state index in [9.17, 15) is 0 Å². The smallest absolute Gasteiger partial charge is 0.118 e. The average Bonchev–Trinajstić information content (AvgIpc) is 2.90. The Kier molecular flexibility index (Phi) is 4.67. The SMILES string of the molecule is CCOC[C@]12CCCO[C@@H]1CCN(Cc1ccc(C)o1)C2.